The Labute approximate surface area is 156 Å². The van der Waals surface area contributed by atoms with E-state index in [1.807, 2.05) is 30.3 Å². The Morgan fingerprint density at radius 1 is 0.963 bits per heavy atom. The number of hydrogen-bond acceptors (Lipinski definition) is 2. The number of carbonyl (C=O) groups excluding carboxylic acids is 1. The van der Waals surface area contributed by atoms with Gasteiger partial charge >= 0.3 is 6.18 Å². The van der Waals surface area contributed by atoms with E-state index in [0.717, 1.165) is 24.2 Å². The molecule has 2 aromatic rings. The molecule has 0 radical (unpaired) electrons. The Kier molecular flexibility index (Phi) is 5.96. The van der Waals surface area contributed by atoms with Gasteiger partial charge in [0.2, 0.25) is 0 Å². The lowest BCUT2D eigenvalue weighted by Gasteiger charge is -2.34. The van der Waals surface area contributed by atoms with E-state index < -0.39 is 11.7 Å². The standard InChI is InChI=1S/C21H21F3N2O/c22-21(23,24)19-10-4-9-18(16-19)20(27)26-14-12-25(13-15-26)11-5-8-17-6-2-1-3-7-17/h1-10,16H,11-15H2/b8-5-. The highest BCUT2D eigenvalue weighted by molar-refractivity contribution is 5.94. The van der Waals surface area contributed by atoms with E-state index in [4.69, 9.17) is 0 Å². The summed E-state index contributed by atoms with van der Waals surface area (Å²) in [5.41, 5.74) is 0.427. The zero-order chi connectivity index (χ0) is 19.3. The molecule has 0 unspecified atom stereocenters. The SMILES string of the molecule is O=C(c1cccc(C(F)(F)F)c1)N1CCN(C/C=C\c2ccccc2)CC1. The van der Waals surface area contributed by atoms with Crippen LogP contribution in [-0.4, -0.2) is 48.4 Å². The number of amides is 1. The quantitative estimate of drug-likeness (QED) is 0.802. The van der Waals surface area contributed by atoms with Crippen molar-refractivity contribution >= 4 is 12.0 Å². The summed E-state index contributed by atoms with van der Waals surface area (Å²) < 4.78 is 38.5. The van der Waals surface area contributed by atoms with Crippen molar-refractivity contribution in [2.45, 2.75) is 6.18 Å². The molecule has 1 heterocycles. The van der Waals surface area contributed by atoms with Crippen LogP contribution in [0.3, 0.4) is 0 Å². The third-order valence-electron chi connectivity index (χ3n) is 4.57. The molecule has 6 heteroatoms. The molecule has 1 aliphatic rings. The Balaban J connectivity index is 1.53. The first-order chi connectivity index (χ1) is 12.9. The van der Waals surface area contributed by atoms with E-state index >= 15 is 0 Å². The van der Waals surface area contributed by atoms with Crippen LogP contribution >= 0.6 is 0 Å². The highest BCUT2D eigenvalue weighted by Gasteiger charge is 2.31. The van der Waals surface area contributed by atoms with Crippen LogP contribution in [0, 0.1) is 0 Å². The molecule has 1 aliphatic heterocycles. The lowest BCUT2D eigenvalue weighted by atomic mass is 10.1. The fourth-order valence-corrected chi connectivity index (χ4v) is 3.05. The van der Waals surface area contributed by atoms with Gasteiger partial charge in [-0.15, -0.1) is 0 Å². The van der Waals surface area contributed by atoms with E-state index in [2.05, 4.69) is 17.1 Å². The van der Waals surface area contributed by atoms with Crippen LogP contribution in [0.4, 0.5) is 13.2 Å². The first-order valence-corrected chi connectivity index (χ1v) is 8.84. The van der Waals surface area contributed by atoms with Crippen molar-refractivity contribution in [3.8, 4) is 0 Å². The number of alkyl halides is 3. The average Bonchev–Trinajstić information content (AvgIpc) is 2.68. The largest absolute Gasteiger partial charge is 0.416 e. The number of benzene rings is 2. The number of hydrogen-bond donors (Lipinski definition) is 0. The maximum atomic E-state index is 12.8. The zero-order valence-electron chi connectivity index (χ0n) is 14.8. The molecule has 3 nitrogen and oxygen atoms in total. The molecule has 0 bridgehead atoms. The van der Waals surface area contributed by atoms with Gasteiger partial charge in [0.1, 0.15) is 0 Å². The summed E-state index contributed by atoms with van der Waals surface area (Å²) in [6.07, 6.45) is -0.306. The summed E-state index contributed by atoms with van der Waals surface area (Å²) in [5, 5.41) is 0. The van der Waals surface area contributed by atoms with Gasteiger partial charge in [0.25, 0.3) is 5.91 Å². The van der Waals surface area contributed by atoms with E-state index in [9.17, 15) is 18.0 Å². The molecule has 1 amide bonds. The van der Waals surface area contributed by atoms with E-state index in [0.29, 0.717) is 26.2 Å². The molecule has 142 valence electrons. The molecular weight excluding hydrogens is 353 g/mol. The van der Waals surface area contributed by atoms with E-state index in [-0.39, 0.29) is 11.5 Å². The average molecular weight is 374 g/mol. The maximum absolute atomic E-state index is 12.8. The van der Waals surface area contributed by atoms with Gasteiger partial charge in [0.15, 0.2) is 0 Å². The molecule has 0 N–H and O–H groups in total. The van der Waals surface area contributed by atoms with Gasteiger partial charge in [-0.1, -0.05) is 48.6 Å². The van der Waals surface area contributed by atoms with Gasteiger partial charge in [-0.05, 0) is 23.8 Å². The number of halogens is 3. The van der Waals surface area contributed by atoms with Crippen LogP contribution in [0.25, 0.3) is 6.08 Å². The van der Waals surface area contributed by atoms with Gasteiger partial charge < -0.3 is 4.90 Å². The van der Waals surface area contributed by atoms with Crippen molar-refractivity contribution in [3.05, 3.63) is 77.4 Å². The topological polar surface area (TPSA) is 23.6 Å². The second-order valence-corrected chi connectivity index (χ2v) is 6.48. The minimum absolute atomic E-state index is 0.0854. The number of nitrogens with zero attached hydrogens (tertiary/aromatic N) is 2. The number of piperazine rings is 1. The van der Waals surface area contributed by atoms with Crippen molar-refractivity contribution in [2.24, 2.45) is 0 Å². The van der Waals surface area contributed by atoms with Crippen molar-refractivity contribution in [1.82, 2.24) is 9.80 Å². The molecule has 1 fully saturated rings. The maximum Gasteiger partial charge on any atom is 0.416 e. The summed E-state index contributed by atoms with van der Waals surface area (Å²) in [6, 6.07) is 14.6. The minimum atomic E-state index is -4.44. The molecule has 3 rings (SSSR count). The van der Waals surface area contributed by atoms with Crippen molar-refractivity contribution < 1.29 is 18.0 Å². The fraction of sp³-hybridized carbons (Fsp3) is 0.286. The Morgan fingerprint density at radius 2 is 1.67 bits per heavy atom. The molecule has 0 aromatic heterocycles. The van der Waals surface area contributed by atoms with Gasteiger partial charge in [0, 0.05) is 38.3 Å². The lowest BCUT2D eigenvalue weighted by molar-refractivity contribution is -0.137. The van der Waals surface area contributed by atoms with Crippen molar-refractivity contribution in [2.75, 3.05) is 32.7 Å². The first-order valence-electron chi connectivity index (χ1n) is 8.84. The third-order valence-corrected chi connectivity index (χ3v) is 4.57. The molecule has 27 heavy (non-hydrogen) atoms. The minimum Gasteiger partial charge on any atom is -0.336 e. The first kappa shape index (κ1) is 19.2. The Morgan fingerprint density at radius 3 is 2.33 bits per heavy atom. The van der Waals surface area contributed by atoms with Crippen molar-refractivity contribution in [3.63, 3.8) is 0 Å². The van der Waals surface area contributed by atoms with E-state index in [1.54, 1.807) is 4.90 Å². The highest BCUT2D eigenvalue weighted by atomic mass is 19.4. The molecular formula is C21H21F3N2O. The normalized spacial score (nSPS) is 16.0. The highest BCUT2D eigenvalue weighted by Crippen LogP contribution is 2.29. The number of carbonyl (C=O) groups is 1. The molecule has 1 saturated heterocycles. The van der Waals surface area contributed by atoms with Gasteiger partial charge in [-0.2, -0.15) is 13.2 Å². The summed E-state index contributed by atoms with van der Waals surface area (Å²) in [6.45, 7) is 3.19. The van der Waals surface area contributed by atoms with Crippen molar-refractivity contribution in [1.29, 1.82) is 0 Å². The lowest BCUT2D eigenvalue weighted by Crippen LogP contribution is -2.48. The molecule has 0 spiro atoms. The summed E-state index contributed by atoms with van der Waals surface area (Å²) in [4.78, 5) is 16.3. The number of rotatable bonds is 4. The van der Waals surface area contributed by atoms with Crippen LogP contribution in [0.1, 0.15) is 21.5 Å². The van der Waals surface area contributed by atoms with Crippen LogP contribution in [0.2, 0.25) is 0 Å². The van der Waals surface area contributed by atoms with Gasteiger partial charge in [-0.3, -0.25) is 9.69 Å². The molecule has 2 aromatic carbocycles. The zero-order valence-corrected chi connectivity index (χ0v) is 14.8. The summed E-state index contributed by atoms with van der Waals surface area (Å²) in [5.74, 6) is -0.347. The van der Waals surface area contributed by atoms with Crippen LogP contribution < -0.4 is 0 Å². The molecule has 0 saturated carbocycles. The summed E-state index contributed by atoms with van der Waals surface area (Å²) in [7, 11) is 0. The predicted molar refractivity (Wildman–Crippen MR) is 99.3 cm³/mol. The summed E-state index contributed by atoms with van der Waals surface area (Å²) >= 11 is 0. The second-order valence-electron chi connectivity index (χ2n) is 6.48. The predicted octanol–water partition coefficient (Wildman–Crippen LogP) is 4.18. The third kappa shape index (κ3) is 5.20. The molecule has 0 atom stereocenters. The van der Waals surface area contributed by atoms with Gasteiger partial charge in [-0.25, -0.2) is 0 Å². The van der Waals surface area contributed by atoms with E-state index in [1.165, 1.54) is 12.1 Å². The Hall–Kier alpha value is -2.60. The Bertz CT molecular complexity index is 795. The van der Waals surface area contributed by atoms with Crippen LogP contribution in [-0.2, 0) is 6.18 Å². The second kappa shape index (κ2) is 8.39. The smallest absolute Gasteiger partial charge is 0.336 e. The van der Waals surface area contributed by atoms with Crippen LogP contribution in [0.5, 0.6) is 0 Å². The van der Waals surface area contributed by atoms with Crippen LogP contribution in [0.15, 0.2) is 60.7 Å². The fourth-order valence-electron chi connectivity index (χ4n) is 3.05. The van der Waals surface area contributed by atoms with Gasteiger partial charge in [0.05, 0.1) is 5.56 Å². The molecule has 0 aliphatic carbocycles. The monoisotopic (exact) mass is 374 g/mol.